The summed E-state index contributed by atoms with van der Waals surface area (Å²) < 4.78 is 1.60. The molecule has 0 atom stereocenters. The van der Waals surface area contributed by atoms with Gasteiger partial charge in [0.05, 0.1) is 11.1 Å². The van der Waals surface area contributed by atoms with E-state index < -0.39 is 0 Å². The van der Waals surface area contributed by atoms with Crippen LogP contribution in [0.3, 0.4) is 0 Å². The summed E-state index contributed by atoms with van der Waals surface area (Å²) in [5.74, 6) is 1.17. The maximum Gasteiger partial charge on any atom is 0.274 e. The predicted molar refractivity (Wildman–Crippen MR) is 117 cm³/mol. The minimum absolute atomic E-state index is 0.236. The van der Waals surface area contributed by atoms with Crippen LogP contribution >= 0.6 is 11.3 Å². The first-order valence-corrected chi connectivity index (χ1v) is 10.6. The Labute approximate surface area is 174 Å². The molecule has 3 aromatic rings. The van der Waals surface area contributed by atoms with E-state index in [9.17, 15) is 4.79 Å². The van der Waals surface area contributed by atoms with Crippen molar-refractivity contribution >= 4 is 34.7 Å². The standard InChI is InChI=1S/C20H25N7OS/c1-25(2)18-15(13-21-20(23-18)27-9-5-4-6-10-27)22-19(28)16-12-14(24-26(16)3)17-8-7-11-29-17/h7-8,11-13H,4-6,9-10H2,1-3H3,(H,22,28). The molecule has 0 radical (unpaired) electrons. The molecule has 8 nitrogen and oxygen atoms in total. The summed E-state index contributed by atoms with van der Waals surface area (Å²) in [5.41, 5.74) is 1.86. The van der Waals surface area contributed by atoms with Gasteiger partial charge in [0.15, 0.2) is 5.82 Å². The molecular formula is C20H25N7OS. The minimum Gasteiger partial charge on any atom is -0.361 e. The van der Waals surface area contributed by atoms with E-state index in [0.717, 1.165) is 36.5 Å². The van der Waals surface area contributed by atoms with Crippen molar-refractivity contribution in [3.05, 3.63) is 35.5 Å². The molecular weight excluding hydrogens is 386 g/mol. The van der Waals surface area contributed by atoms with E-state index in [2.05, 4.69) is 20.3 Å². The number of thiophene rings is 1. The first kappa shape index (κ1) is 19.4. The number of rotatable bonds is 5. The van der Waals surface area contributed by atoms with Crippen LogP contribution in [0.1, 0.15) is 29.8 Å². The van der Waals surface area contributed by atoms with Crippen LogP contribution in [0.15, 0.2) is 29.8 Å². The monoisotopic (exact) mass is 411 g/mol. The predicted octanol–water partition coefficient (Wildman–Crippen LogP) is 3.25. The smallest absolute Gasteiger partial charge is 0.274 e. The van der Waals surface area contributed by atoms with Crippen molar-refractivity contribution in [1.29, 1.82) is 0 Å². The lowest BCUT2D eigenvalue weighted by molar-refractivity contribution is 0.101. The molecule has 1 aliphatic heterocycles. The van der Waals surface area contributed by atoms with Gasteiger partial charge in [-0.15, -0.1) is 11.3 Å². The van der Waals surface area contributed by atoms with Crippen molar-refractivity contribution in [2.45, 2.75) is 19.3 Å². The van der Waals surface area contributed by atoms with Crippen LogP contribution in [0, 0.1) is 0 Å². The molecule has 0 aliphatic carbocycles. The lowest BCUT2D eigenvalue weighted by Crippen LogP contribution is -2.31. The number of hydrogen-bond acceptors (Lipinski definition) is 7. The molecule has 0 unspecified atom stereocenters. The number of aryl methyl sites for hydroxylation is 1. The van der Waals surface area contributed by atoms with Crippen LogP contribution in [-0.2, 0) is 7.05 Å². The first-order chi connectivity index (χ1) is 14.0. The summed E-state index contributed by atoms with van der Waals surface area (Å²) in [7, 11) is 5.60. The molecule has 0 saturated carbocycles. The Hall–Kier alpha value is -2.94. The van der Waals surface area contributed by atoms with Gasteiger partial charge in [-0.2, -0.15) is 10.1 Å². The summed E-state index contributed by atoms with van der Waals surface area (Å²) in [6, 6.07) is 5.77. The zero-order chi connectivity index (χ0) is 20.4. The van der Waals surface area contributed by atoms with Crippen molar-refractivity contribution in [2.75, 3.05) is 42.3 Å². The summed E-state index contributed by atoms with van der Waals surface area (Å²) in [6.45, 7) is 1.94. The van der Waals surface area contributed by atoms with Gasteiger partial charge >= 0.3 is 0 Å². The molecule has 1 amide bonds. The Bertz CT molecular complexity index is 990. The largest absolute Gasteiger partial charge is 0.361 e. The van der Waals surface area contributed by atoms with E-state index >= 15 is 0 Å². The Morgan fingerprint density at radius 3 is 2.72 bits per heavy atom. The molecule has 4 heterocycles. The van der Waals surface area contributed by atoms with Crippen LogP contribution in [0.5, 0.6) is 0 Å². The van der Waals surface area contributed by atoms with Gasteiger partial charge in [-0.3, -0.25) is 9.48 Å². The average molecular weight is 412 g/mol. The van der Waals surface area contributed by atoms with Crippen LogP contribution in [0.25, 0.3) is 10.6 Å². The fourth-order valence-corrected chi connectivity index (χ4v) is 4.13. The van der Waals surface area contributed by atoms with Crippen molar-refractivity contribution in [3.8, 4) is 10.6 Å². The fourth-order valence-electron chi connectivity index (χ4n) is 3.45. The highest BCUT2D eigenvalue weighted by molar-refractivity contribution is 7.13. The zero-order valence-electron chi connectivity index (χ0n) is 16.9. The molecule has 0 spiro atoms. The van der Waals surface area contributed by atoms with Gasteiger partial charge in [0.25, 0.3) is 5.91 Å². The number of amides is 1. The highest BCUT2D eigenvalue weighted by Crippen LogP contribution is 2.27. The molecule has 0 aromatic carbocycles. The van der Waals surface area contributed by atoms with Crippen LogP contribution in [-0.4, -0.2) is 52.8 Å². The lowest BCUT2D eigenvalue weighted by atomic mass is 10.1. The van der Waals surface area contributed by atoms with E-state index in [1.54, 1.807) is 35.3 Å². The van der Waals surface area contributed by atoms with E-state index in [0.29, 0.717) is 23.1 Å². The molecule has 1 N–H and O–H groups in total. The van der Waals surface area contributed by atoms with Gasteiger partial charge in [0.2, 0.25) is 5.95 Å². The maximum absolute atomic E-state index is 12.9. The van der Waals surface area contributed by atoms with Gasteiger partial charge in [-0.05, 0) is 36.8 Å². The third kappa shape index (κ3) is 4.09. The van der Waals surface area contributed by atoms with Gasteiger partial charge in [-0.25, -0.2) is 4.98 Å². The van der Waals surface area contributed by atoms with Crippen molar-refractivity contribution < 1.29 is 4.79 Å². The fraction of sp³-hybridized carbons (Fsp3) is 0.400. The lowest BCUT2D eigenvalue weighted by Gasteiger charge is -2.28. The molecule has 3 aromatic heterocycles. The number of nitrogens with one attached hydrogen (secondary N) is 1. The third-order valence-electron chi connectivity index (χ3n) is 4.95. The Morgan fingerprint density at radius 1 is 1.24 bits per heavy atom. The van der Waals surface area contributed by atoms with Crippen molar-refractivity contribution in [3.63, 3.8) is 0 Å². The average Bonchev–Trinajstić information content (AvgIpc) is 3.38. The minimum atomic E-state index is -0.236. The van der Waals surface area contributed by atoms with E-state index in [4.69, 9.17) is 4.98 Å². The number of carbonyl (C=O) groups is 1. The highest BCUT2D eigenvalue weighted by Gasteiger charge is 2.20. The van der Waals surface area contributed by atoms with E-state index in [1.165, 1.54) is 6.42 Å². The molecule has 1 aliphatic rings. The number of anilines is 3. The van der Waals surface area contributed by atoms with E-state index in [-0.39, 0.29) is 5.91 Å². The summed E-state index contributed by atoms with van der Waals surface area (Å²) in [4.78, 5) is 27.3. The second-order valence-corrected chi connectivity index (χ2v) is 8.27. The van der Waals surface area contributed by atoms with Crippen LogP contribution < -0.4 is 15.1 Å². The third-order valence-corrected chi connectivity index (χ3v) is 5.85. The van der Waals surface area contributed by atoms with Crippen LogP contribution in [0.4, 0.5) is 17.5 Å². The zero-order valence-corrected chi connectivity index (χ0v) is 17.7. The number of hydrogen-bond donors (Lipinski definition) is 1. The molecule has 4 rings (SSSR count). The number of nitrogens with zero attached hydrogens (tertiary/aromatic N) is 6. The van der Waals surface area contributed by atoms with Gasteiger partial charge in [0, 0.05) is 34.2 Å². The Kier molecular flexibility index (Phi) is 5.48. The van der Waals surface area contributed by atoms with E-state index in [1.807, 2.05) is 36.5 Å². The number of carbonyl (C=O) groups excluding carboxylic acids is 1. The molecule has 1 fully saturated rings. The second kappa shape index (κ2) is 8.20. The first-order valence-electron chi connectivity index (χ1n) is 9.71. The quantitative estimate of drug-likeness (QED) is 0.694. The van der Waals surface area contributed by atoms with Crippen LogP contribution in [0.2, 0.25) is 0 Å². The topological polar surface area (TPSA) is 79.2 Å². The molecule has 29 heavy (non-hydrogen) atoms. The molecule has 0 bridgehead atoms. The normalized spacial score (nSPS) is 14.1. The van der Waals surface area contributed by atoms with Crippen molar-refractivity contribution in [1.82, 2.24) is 19.7 Å². The number of piperidine rings is 1. The maximum atomic E-state index is 12.9. The summed E-state index contributed by atoms with van der Waals surface area (Å²) in [5, 5.41) is 9.42. The van der Waals surface area contributed by atoms with Gasteiger partial charge in [0.1, 0.15) is 17.1 Å². The van der Waals surface area contributed by atoms with Gasteiger partial charge in [-0.1, -0.05) is 6.07 Å². The molecule has 1 saturated heterocycles. The summed E-state index contributed by atoms with van der Waals surface area (Å²) in [6.07, 6.45) is 5.27. The summed E-state index contributed by atoms with van der Waals surface area (Å²) >= 11 is 1.60. The van der Waals surface area contributed by atoms with Crippen molar-refractivity contribution in [2.24, 2.45) is 7.05 Å². The van der Waals surface area contributed by atoms with Gasteiger partial charge < -0.3 is 15.1 Å². The SMILES string of the molecule is CN(C)c1nc(N2CCCCC2)ncc1NC(=O)c1cc(-c2cccs2)nn1C. The Morgan fingerprint density at radius 2 is 2.03 bits per heavy atom. The molecule has 9 heteroatoms. The molecule has 152 valence electrons. The number of aromatic nitrogens is 4. The second-order valence-electron chi connectivity index (χ2n) is 7.32. The highest BCUT2D eigenvalue weighted by atomic mass is 32.1. The Balaban J connectivity index is 1.57.